The summed E-state index contributed by atoms with van der Waals surface area (Å²) in [6.07, 6.45) is 6.92. The molecule has 0 N–H and O–H groups in total. The lowest BCUT2D eigenvalue weighted by Crippen LogP contribution is -2.41. The summed E-state index contributed by atoms with van der Waals surface area (Å²) in [4.78, 5) is 0. The van der Waals surface area contributed by atoms with Crippen LogP contribution in [0.3, 0.4) is 0 Å². The topological polar surface area (TPSA) is 18.5 Å². The third kappa shape index (κ3) is 4.95. The van der Waals surface area contributed by atoms with Crippen LogP contribution in [0, 0.1) is 0 Å². The molecule has 0 amide bonds. The van der Waals surface area contributed by atoms with Crippen molar-refractivity contribution in [1.82, 2.24) is 0 Å². The normalized spacial score (nSPS) is 29.6. The molecule has 0 unspecified atom stereocenters. The number of hydrogen-bond acceptors (Lipinski definition) is 2. The van der Waals surface area contributed by atoms with Crippen LogP contribution in [-0.4, -0.2) is 18.9 Å². The van der Waals surface area contributed by atoms with Crippen molar-refractivity contribution < 1.29 is 13.9 Å². The molecule has 4 rings (SSSR count). The summed E-state index contributed by atoms with van der Waals surface area (Å²) in [5.74, 6) is 1.32. The third-order valence-electron chi connectivity index (χ3n) is 6.95. The summed E-state index contributed by atoms with van der Waals surface area (Å²) in [5.41, 5.74) is 3.98. The summed E-state index contributed by atoms with van der Waals surface area (Å²) in [6, 6.07) is 17.8. The van der Waals surface area contributed by atoms with E-state index in [1.165, 1.54) is 42.4 Å². The Morgan fingerprint density at radius 1 is 0.767 bits per heavy atom. The average molecular weight is 411 g/mol. The van der Waals surface area contributed by atoms with Gasteiger partial charge in [-0.25, -0.2) is 4.39 Å². The number of halogens is 1. The van der Waals surface area contributed by atoms with E-state index in [1.54, 1.807) is 0 Å². The Bertz CT molecular complexity index is 783. The molecule has 2 aromatic rings. The Balaban J connectivity index is 1.31. The molecule has 2 aromatic carbocycles. The fourth-order valence-corrected chi connectivity index (χ4v) is 5.04. The van der Waals surface area contributed by atoms with Crippen molar-refractivity contribution in [3.8, 4) is 0 Å². The van der Waals surface area contributed by atoms with Gasteiger partial charge in [0.05, 0.1) is 13.2 Å². The number of rotatable bonds is 6. The molecular formula is C27H35FO2. The molecule has 1 saturated heterocycles. The van der Waals surface area contributed by atoms with Crippen LogP contribution in [0.2, 0.25) is 0 Å². The molecule has 0 aromatic heterocycles. The van der Waals surface area contributed by atoms with Crippen molar-refractivity contribution in [1.29, 1.82) is 0 Å². The lowest BCUT2D eigenvalue weighted by molar-refractivity contribution is -0.238. The van der Waals surface area contributed by atoms with Crippen molar-refractivity contribution in [2.45, 2.75) is 82.6 Å². The molecule has 30 heavy (non-hydrogen) atoms. The molecule has 0 spiro atoms. The lowest BCUT2D eigenvalue weighted by atomic mass is 9.76. The molecule has 1 saturated carbocycles. The molecule has 2 aliphatic rings. The van der Waals surface area contributed by atoms with Gasteiger partial charge < -0.3 is 9.47 Å². The molecule has 1 aliphatic heterocycles. The van der Waals surface area contributed by atoms with E-state index in [2.05, 4.69) is 55.5 Å². The summed E-state index contributed by atoms with van der Waals surface area (Å²) < 4.78 is 25.9. The molecule has 2 nitrogen and oxygen atoms in total. The summed E-state index contributed by atoms with van der Waals surface area (Å²) in [6.45, 7) is 4.44. The summed E-state index contributed by atoms with van der Waals surface area (Å²) in [5, 5.41) is 0. The minimum atomic E-state index is -1.33. The zero-order valence-corrected chi connectivity index (χ0v) is 18.4. The van der Waals surface area contributed by atoms with Crippen LogP contribution in [0.1, 0.15) is 92.8 Å². The van der Waals surface area contributed by atoms with Gasteiger partial charge in [-0.05, 0) is 67.1 Å². The number of benzene rings is 2. The van der Waals surface area contributed by atoms with E-state index in [-0.39, 0.29) is 13.2 Å². The molecule has 162 valence electrons. The maximum absolute atomic E-state index is 14.5. The highest BCUT2D eigenvalue weighted by Gasteiger charge is 2.36. The van der Waals surface area contributed by atoms with Crippen LogP contribution in [0.5, 0.6) is 0 Å². The quantitative estimate of drug-likeness (QED) is 0.499. The van der Waals surface area contributed by atoms with Crippen molar-refractivity contribution in [3.63, 3.8) is 0 Å². The van der Waals surface area contributed by atoms with Gasteiger partial charge in [0.25, 0.3) is 0 Å². The lowest BCUT2D eigenvalue weighted by Gasteiger charge is -2.34. The van der Waals surface area contributed by atoms with Gasteiger partial charge in [-0.1, -0.05) is 68.8 Å². The Morgan fingerprint density at radius 3 is 1.70 bits per heavy atom. The maximum Gasteiger partial charge on any atom is 0.184 e. The van der Waals surface area contributed by atoms with Crippen molar-refractivity contribution in [3.05, 3.63) is 70.8 Å². The zero-order valence-electron chi connectivity index (χ0n) is 18.4. The van der Waals surface area contributed by atoms with Crippen LogP contribution in [-0.2, 0) is 15.9 Å². The van der Waals surface area contributed by atoms with E-state index in [0.29, 0.717) is 18.3 Å². The first-order valence-electron chi connectivity index (χ1n) is 11.7. The van der Waals surface area contributed by atoms with E-state index >= 15 is 0 Å². The average Bonchev–Trinajstić information content (AvgIpc) is 2.80. The zero-order chi connectivity index (χ0) is 21.0. The molecule has 0 radical (unpaired) electrons. The fraction of sp³-hybridized carbons (Fsp3) is 0.556. The maximum atomic E-state index is 14.5. The first-order valence-corrected chi connectivity index (χ1v) is 11.7. The van der Waals surface area contributed by atoms with E-state index in [4.69, 9.17) is 9.47 Å². The number of hydrogen-bond donors (Lipinski definition) is 0. The van der Waals surface area contributed by atoms with Crippen LogP contribution in [0.15, 0.2) is 48.5 Å². The second-order valence-electron chi connectivity index (χ2n) is 9.17. The van der Waals surface area contributed by atoms with Crippen molar-refractivity contribution in [2.75, 3.05) is 13.2 Å². The SMILES string of the molecule is CCCC1(F)COC(c2ccc(C3CCC(c4ccc(CC)cc4)CC3)cc2)OC1. The van der Waals surface area contributed by atoms with Gasteiger partial charge in [0, 0.05) is 5.56 Å². The Labute approximate surface area is 180 Å². The standard InChI is InChI=1S/C27H35FO2/c1-3-17-27(28)18-29-26(30-19-27)25-15-13-24(14-16-25)23-11-9-22(10-12-23)21-7-5-20(4-2)6-8-21/h5-8,13-16,22-23,26H,3-4,9-12,17-19H2,1-2H3. The Morgan fingerprint density at radius 2 is 1.23 bits per heavy atom. The van der Waals surface area contributed by atoms with E-state index < -0.39 is 12.0 Å². The van der Waals surface area contributed by atoms with Crippen LogP contribution >= 0.6 is 0 Å². The summed E-state index contributed by atoms with van der Waals surface area (Å²) in [7, 11) is 0. The highest BCUT2D eigenvalue weighted by molar-refractivity contribution is 5.29. The highest BCUT2D eigenvalue weighted by Crippen LogP contribution is 2.41. The minimum Gasteiger partial charge on any atom is -0.345 e. The van der Waals surface area contributed by atoms with Gasteiger partial charge >= 0.3 is 0 Å². The predicted octanol–water partition coefficient (Wildman–Crippen LogP) is 7.24. The fourth-order valence-electron chi connectivity index (χ4n) is 5.04. The van der Waals surface area contributed by atoms with E-state index in [0.717, 1.165) is 18.4 Å². The monoisotopic (exact) mass is 410 g/mol. The molecular weight excluding hydrogens is 375 g/mol. The molecule has 3 heteroatoms. The number of alkyl halides is 1. The highest BCUT2D eigenvalue weighted by atomic mass is 19.1. The first kappa shape index (κ1) is 21.5. The van der Waals surface area contributed by atoms with Crippen LogP contribution < -0.4 is 0 Å². The van der Waals surface area contributed by atoms with Gasteiger partial charge in [0.2, 0.25) is 0 Å². The Kier molecular flexibility index (Phi) is 6.90. The molecule has 1 aliphatic carbocycles. The largest absolute Gasteiger partial charge is 0.345 e. The second-order valence-corrected chi connectivity index (χ2v) is 9.17. The predicted molar refractivity (Wildman–Crippen MR) is 120 cm³/mol. The number of aryl methyl sites for hydroxylation is 1. The number of ether oxygens (including phenoxy) is 2. The van der Waals surface area contributed by atoms with E-state index in [1.807, 2.05) is 6.92 Å². The Hall–Kier alpha value is -1.71. The molecule has 0 bridgehead atoms. The van der Waals surface area contributed by atoms with Crippen LogP contribution in [0.25, 0.3) is 0 Å². The van der Waals surface area contributed by atoms with E-state index in [9.17, 15) is 4.39 Å². The molecule has 1 heterocycles. The van der Waals surface area contributed by atoms with Gasteiger partial charge in [-0.15, -0.1) is 0 Å². The summed E-state index contributed by atoms with van der Waals surface area (Å²) >= 11 is 0. The molecule has 0 atom stereocenters. The third-order valence-corrected chi connectivity index (χ3v) is 6.95. The minimum absolute atomic E-state index is 0.122. The smallest absolute Gasteiger partial charge is 0.184 e. The first-order chi connectivity index (χ1) is 14.6. The van der Waals surface area contributed by atoms with Crippen LogP contribution in [0.4, 0.5) is 4.39 Å². The molecule has 2 fully saturated rings. The van der Waals surface area contributed by atoms with Gasteiger partial charge in [0.15, 0.2) is 12.0 Å². The van der Waals surface area contributed by atoms with Crippen molar-refractivity contribution >= 4 is 0 Å². The van der Waals surface area contributed by atoms with Gasteiger partial charge in [-0.3, -0.25) is 0 Å². The van der Waals surface area contributed by atoms with Gasteiger partial charge in [-0.2, -0.15) is 0 Å². The van der Waals surface area contributed by atoms with Crippen molar-refractivity contribution in [2.24, 2.45) is 0 Å². The second kappa shape index (κ2) is 9.62. The van der Waals surface area contributed by atoms with Gasteiger partial charge in [0.1, 0.15) is 0 Å².